The van der Waals surface area contributed by atoms with Crippen molar-refractivity contribution >= 4 is 22.7 Å². The third-order valence-electron chi connectivity index (χ3n) is 3.13. The van der Waals surface area contributed by atoms with Gasteiger partial charge in [0, 0.05) is 11.6 Å². The lowest BCUT2D eigenvalue weighted by Gasteiger charge is -2.13. The predicted octanol–water partition coefficient (Wildman–Crippen LogP) is 3.53. The third kappa shape index (κ3) is 2.68. The fourth-order valence-corrected chi connectivity index (χ4v) is 2.28. The van der Waals surface area contributed by atoms with E-state index in [9.17, 15) is 18.0 Å². The van der Waals surface area contributed by atoms with E-state index in [1.807, 2.05) is 0 Å². The molecular formula is C14H9F3N4O2. The number of carboxylic acid groups (broad SMARTS) is 1. The van der Waals surface area contributed by atoms with Crippen LogP contribution in [0.4, 0.5) is 23.7 Å². The van der Waals surface area contributed by atoms with E-state index < -0.39 is 23.7 Å². The van der Waals surface area contributed by atoms with Gasteiger partial charge in [0.15, 0.2) is 5.69 Å². The molecule has 0 spiro atoms. The van der Waals surface area contributed by atoms with Crippen molar-refractivity contribution in [2.24, 2.45) is 0 Å². The van der Waals surface area contributed by atoms with Crippen LogP contribution in [0.5, 0.6) is 0 Å². The predicted molar refractivity (Wildman–Crippen MR) is 75.5 cm³/mol. The molecule has 0 aliphatic carbocycles. The highest BCUT2D eigenvalue weighted by atomic mass is 19.4. The van der Waals surface area contributed by atoms with Gasteiger partial charge in [0.25, 0.3) is 0 Å². The lowest BCUT2D eigenvalue weighted by molar-refractivity contribution is -0.142. The molecule has 2 N–H and O–H groups in total. The van der Waals surface area contributed by atoms with Gasteiger partial charge in [-0.1, -0.05) is 6.07 Å². The molecule has 0 aliphatic heterocycles. The number of pyridine rings is 1. The number of amides is 1. The first kappa shape index (κ1) is 14.8. The van der Waals surface area contributed by atoms with Crippen molar-refractivity contribution in [2.75, 3.05) is 5.32 Å². The monoisotopic (exact) mass is 322 g/mol. The SMILES string of the molecule is O=C(O)Nc1cnn(-c2cccc3ncccc23)c1C(F)(F)F. The zero-order valence-electron chi connectivity index (χ0n) is 11.4. The number of anilines is 1. The van der Waals surface area contributed by atoms with Gasteiger partial charge in [-0.3, -0.25) is 10.3 Å². The molecule has 2 heterocycles. The summed E-state index contributed by atoms with van der Waals surface area (Å²) in [7, 11) is 0. The van der Waals surface area contributed by atoms with Crippen molar-refractivity contribution in [2.45, 2.75) is 6.18 Å². The zero-order valence-corrected chi connectivity index (χ0v) is 11.4. The van der Waals surface area contributed by atoms with Gasteiger partial charge >= 0.3 is 12.3 Å². The molecule has 3 aromatic rings. The van der Waals surface area contributed by atoms with Crippen LogP contribution in [0.15, 0.2) is 42.7 Å². The van der Waals surface area contributed by atoms with E-state index in [0.717, 1.165) is 6.20 Å². The summed E-state index contributed by atoms with van der Waals surface area (Å²) in [4.78, 5) is 14.8. The summed E-state index contributed by atoms with van der Waals surface area (Å²) in [5.41, 5.74) is -1.18. The average Bonchev–Trinajstić information content (AvgIpc) is 2.89. The van der Waals surface area contributed by atoms with E-state index in [1.165, 1.54) is 12.3 Å². The topological polar surface area (TPSA) is 80.0 Å². The van der Waals surface area contributed by atoms with Crippen molar-refractivity contribution in [3.05, 3.63) is 48.4 Å². The Morgan fingerprint density at radius 1 is 1.22 bits per heavy atom. The van der Waals surface area contributed by atoms with Crippen LogP contribution in [0, 0.1) is 0 Å². The van der Waals surface area contributed by atoms with Gasteiger partial charge in [-0.15, -0.1) is 0 Å². The lowest BCUT2D eigenvalue weighted by Crippen LogP contribution is -2.17. The molecule has 0 saturated heterocycles. The van der Waals surface area contributed by atoms with Crippen LogP contribution in [0.2, 0.25) is 0 Å². The highest BCUT2D eigenvalue weighted by Crippen LogP contribution is 2.37. The smallest absolute Gasteiger partial charge is 0.435 e. The average molecular weight is 322 g/mol. The second kappa shape index (κ2) is 5.27. The minimum absolute atomic E-state index is 0.154. The Bertz CT molecular complexity index is 884. The molecule has 23 heavy (non-hydrogen) atoms. The molecule has 1 amide bonds. The largest absolute Gasteiger partial charge is 0.465 e. The van der Waals surface area contributed by atoms with Crippen LogP contribution >= 0.6 is 0 Å². The molecule has 0 fully saturated rings. The fourth-order valence-electron chi connectivity index (χ4n) is 2.28. The number of rotatable bonds is 2. The quantitative estimate of drug-likeness (QED) is 0.756. The standard InChI is InChI=1S/C14H9F3N4O2/c15-14(16,17)12-10(20-13(22)23)7-19-21(12)11-5-1-4-9-8(11)3-2-6-18-9/h1-7,20H,(H,22,23). The Morgan fingerprint density at radius 3 is 2.70 bits per heavy atom. The number of alkyl halides is 3. The Kier molecular flexibility index (Phi) is 3.40. The first-order chi connectivity index (χ1) is 10.9. The van der Waals surface area contributed by atoms with Crippen LogP contribution in [0.3, 0.4) is 0 Å². The first-order valence-corrected chi connectivity index (χ1v) is 6.37. The maximum absolute atomic E-state index is 13.4. The molecular weight excluding hydrogens is 313 g/mol. The Labute approximate surface area is 127 Å². The van der Waals surface area contributed by atoms with Crippen LogP contribution in [0.25, 0.3) is 16.6 Å². The summed E-state index contributed by atoms with van der Waals surface area (Å²) in [6.07, 6.45) is -4.04. The van der Waals surface area contributed by atoms with E-state index in [-0.39, 0.29) is 5.69 Å². The number of nitrogens with one attached hydrogen (secondary N) is 1. The fraction of sp³-hybridized carbons (Fsp3) is 0.0714. The molecule has 3 rings (SSSR count). The summed E-state index contributed by atoms with van der Waals surface area (Å²) in [5.74, 6) is 0. The highest BCUT2D eigenvalue weighted by Gasteiger charge is 2.39. The summed E-state index contributed by atoms with van der Waals surface area (Å²) in [6.45, 7) is 0. The van der Waals surface area contributed by atoms with Crippen molar-refractivity contribution in [3.63, 3.8) is 0 Å². The van der Waals surface area contributed by atoms with Gasteiger partial charge in [-0.2, -0.15) is 18.3 Å². The summed E-state index contributed by atoms with van der Waals surface area (Å²) < 4.78 is 40.8. The van der Waals surface area contributed by atoms with Gasteiger partial charge in [0.05, 0.1) is 23.1 Å². The van der Waals surface area contributed by atoms with Gasteiger partial charge in [-0.25, -0.2) is 9.48 Å². The van der Waals surface area contributed by atoms with E-state index in [1.54, 1.807) is 29.6 Å². The molecule has 0 radical (unpaired) electrons. The van der Waals surface area contributed by atoms with Crippen LogP contribution < -0.4 is 5.32 Å². The molecule has 9 heteroatoms. The number of fused-ring (bicyclic) bond motifs is 1. The molecule has 0 bridgehead atoms. The van der Waals surface area contributed by atoms with E-state index in [0.29, 0.717) is 15.6 Å². The van der Waals surface area contributed by atoms with Crippen LogP contribution in [-0.4, -0.2) is 26.0 Å². The summed E-state index contributed by atoms with van der Waals surface area (Å²) in [5, 5.41) is 14.6. The van der Waals surface area contributed by atoms with Crippen molar-refractivity contribution in [3.8, 4) is 5.69 Å². The molecule has 0 atom stereocenters. The molecule has 1 aromatic carbocycles. The van der Waals surface area contributed by atoms with Crippen molar-refractivity contribution in [1.82, 2.24) is 14.8 Å². The molecule has 0 unspecified atom stereocenters. The Balaban J connectivity index is 2.27. The number of hydrogen-bond donors (Lipinski definition) is 2. The number of hydrogen-bond acceptors (Lipinski definition) is 3. The number of benzene rings is 1. The number of aromatic nitrogens is 3. The normalized spacial score (nSPS) is 11.6. The van der Waals surface area contributed by atoms with E-state index >= 15 is 0 Å². The zero-order chi connectivity index (χ0) is 16.6. The van der Waals surface area contributed by atoms with E-state index in [2.05, 4.69) is 10.1 Å². The summed E-state index contributed by atoms with van der Waals surface area (Å²) in [6, 6.07) is 7.88. The van der Waals surface area contributed by atoms with Crippen LogP contribution in [-0.2, 0) is 6.18 Å². The third-order valence-corrected chi connectivity index (χ3v) is 3.13. The maximum atomic E-state index is 13.4. The van der Waals surface area contributed by atoms with Gasteiger partial charge in [0.1, 0.15) is 0 Å². The Hall–Kier alpha value is -3.10. The number of nitrogens with zero attached hydrogens (tertiary/aromatic N) is 3. The number of halogens is 3. The maximum Gasteiger partial charge on any atom is 0.435 e. The van der Waals surface area contributed by atoms with Crippen LogP contribution in [0.1, 0.15) is 5.69 Å². The molecule has 118 valence electrons. The number of carbonyl (C=O) groups is 1. The Morgan fingerprint density at radius 2 is 2.00 bits per heavy atom. The highest BCUT2D eigenvalue weighted by molar-refractivity contribution is 5.88. The van der Waals surface area contributed by atoms with Gasteiger partial charge in [-0.05, 0) is 24.3 Å². The minimum Gasteiger partial charge on any atom is -0.465 e. The second-order valence-corrected chi connectivity index (χ2v) is 4.59. The lowest BCUT2D eigenvalue weighted by atomic mass is 10.2. The minimum atomic E-state index is -4.79. The van der Waals surface area contributed by atoms with Crippen molar-refractivity contribution < 1.29 is 23.1 Å². The molecule has 2 aromatic heterocycles. The molecule has 0 saturated carbocycles. The van der Waals surface area contributed by atoms with Gasteiger partial charge in [0.2, 0.25) is 0 Å². The first-order valence-electron chi connectivity index (χ1n) is 6.37. The summed E-state index contributed by atoms with van der Waals surface area (Å²) >= 11 is 0. The van der Waals surface area contributed by atoms with Crippen molar-refractivity contribution in [1.29, 1.82) is 0 Å². The molecule has 0 aliphatic rings. The second-order valence-electron chi connectivity index (χ2n) is 4.59. The van der Waals surface area contributed by atoms with E-state index in [4.69, 9.17) is 5.11 Å². The molecule has 6 nitrogen and oxygen atoms in total. The van der Waals surface area contributed by atoms with Gasteiger partial charge < -0.3 is 5.11 Å².